The topological polar surface area (TPSA) is 20.2 Å². The molecule has 4 heteroatoms. The van der Waals surface area contributed by atoms with Crippen LogP contribution in [0.1, 0.15) is 11.7 Å². The summed E-state index contributed by atoms with van der Waals surface area (Å²) in [4.78, 5) is 0. The van der Waals surface area contributed by atoms with Gasteiger partial charge in [0.25, 0.3) is 0 Å². The Bertz CT molecular complexity index is 278. The van der Waals surface area contributed by atoms with Crippen LogP contribution in [-0.2, 0) is 0 Å². The molecule has 66 valence electrons. The number of halogens is 3. The molecule has 0 unspecified atom stereocenters. The Morgan fingerprint density at radius 1 is 1.42 bits per heavy atom. The lowest BCUT2D eigenvalue weighted by atomic mass is 10.1. The highest BCUT2D eigenvalue weighted by Gasteiger charge is 2.09. The first-order valence-electron chi connectivity index (χ1n) is 3.34. The lowest BCUT2D eigenvalue weighted by Gasteiger charge is -2.09. The minimum absolute atomic E-state index is 0.209. The molecule has 0 bridgehead atoms. The van der Waals surface area contributed by atoms with E-state index in [4.69, 9.17) is 11.6 Å². The standard InChI is InChI=1S/C8H7Br2ClO/c9-5-1-2-6(7(10)3-5)8(12)4-11/h1-3,8,12H,4H2/t8-/m1/s1. The van der Waals surface area contributed by atoms with E-state index in [0.29, 0.717) is 0 Å². The maximum absolute atomic E-state index is 9.42. The first kappa shape index (κ1) is 10.5. The third kappa shape index (κ3) is 2.46. The van der Waals surface area contributed by atoms with Gasteiger partial charge in [0.15, 0.2) is 0 Å². The quantitative estimate of drug-likeness (QED) is 0.829. The highest BCUT2D eigenvalue weighted by molar-refractivity contribution is 9.11. The Morgan fingerprint density at radius 3 is 2.58 bits per heavy atom. The second-order valence-corrected chi connectivity index (χ2v) is 4.41. The Morgan fingerprint density at radius 2 is 2.08 bits per heavy atom. The Balaban J connectivity index is 3.01. The van der Waals surface area contributed by atoms with E-state index in [0.717, 1.165) is 14.5 Å². The summed E-state index contributed by atoms with van der Waals surface area (Å²) in [6, 6.07) is 5.59. The maximum atomic E-state index is 9.42. The molecule has 0 heterocycles. The third-order valence-corrected chi connectivity index (χ3v) is 2.94. The molecule has 12 heavy (non-hydrogen) atoms. The van der Waals surface area contributed by atoms with Crippen molar-refractivity contribution in [3.8, 4) is 0 Å². The zero-order valence-electron chi connectivity index (χ0n) is 6.10. The van der Waals surface area contributed by atoms with Crippen LogP contribution in [0.15, 0.2) is 27.1 Å². The average molecular weight is 314 g/mol. The summed E-state index contributed by atoms with van der Waals surface area (Å²) in [6.45, 7) is 0. The Hall–Kier alpha value is 0.430. The molecule has 0 aromatic heterocycles. The molecule has 1 aromatic rings. The molecule has 0 spiro atoms. The van der Waals surface area contributed by atoms with Crippen LogP contribution in [0, 0.1) is 0 Å². The molecule has 0 saturated carbocycles. The van der Waals surface area contributed by atoms with Crippen molar-refractivity contribution in [2.24, 2.45) is 0 Å². The number of hydrogen-bond acceptors (Lipinski definition) is 1. The Kier molecular flexibility index (Phi) is 4.03. The average Bonchev–Trinajstić information content (AvgIpc) is 2.03. The molecule has 1 N–H and O–H groups in total. The fourth-order valence-corrected chi connectivity index (χ4v) is 2.33. The second-order valence-electron chi connectivity index (χ2n) is 2.34. The molecule has 1 rings (SSSR count). The maximum Gasteiger partial charge on any atom is 0.0936 e. The van der Waals surface area contributed by atoms with E-state index in [9.17, 15) is 5.11 Å². The summed E-state index contributed by atoms with van der Waals surface area (Å²) in [7, 11) is 0. The van der Waals surface area contributed by atoms with Crippen molar-refractivity contribution in [2.75, 3.05) is 5.88 Å². The van der Waals surface area contributed by atoms with Crippen molar-refractivity contribution in [3.63, 3.8) is 0 Å². The molecular formula is C8H7Br2ClO. The minimum Gasteiger partial charge on any atom is -0.387 e. The lowest BCUT2D eigenvalue weighted by Crippen LogP contribution is -1.99. The van der Waals surface area contributed by atoms with Crippen LogP contribution < -0.4 is 0 Å². The highest BCUT2D eigenvalue weighted by Crippen LogP contribution is 2.27. The molecule has 0 fully saturated rings. The van der Waals surface area contributed by atoms with E-state index in [1.165, 1.54) is 0 Å². The molecule has 0 amide bonds. The fraction of sp³-hybridized carbons (Fsp3) is 0.250. The molecule has 0 radical (unpaired) electrons. The van der Waals surface area contributed by atoms with Gasteiger partial charge in [-0.05, 0) is 17.7 Å². The van der Waals surface area contributed by atoms with Gasteiger partial charge in [0.1, 0.15) is 0 Å². The number of hydrogen-bond donors (Lipinski definition) is 1. The van der Waals surface area contributed by atoms with Gasteiger partial charge in [0.2, 0.25) is 0 Å². The molecule has 1 nitrogen and oxygen atoms in total. The van der Waals surface area contributed by atoms with Gasteiger partial charge in [-0.1, -0.05) is 37.9 Å². The number of aliphatic hydroxyl groups is 1. The molecular weight excluding hydrogens is 307 g/mol. The molecule has 0 aliphatic heterocycles. The van der Waals surface area contributed by atoms with Crippen molar-refractivity contribution in [1.82, 2.24) is 0 Å². The van der Waals surface area contributed by atoms with Gasteiger partial charge in [0.05, 0.1) is 12.0 Å². The number of aliphatic hydroxyl groups excluding tert-OH is 1. The van der Waals surface area contributed by atoms with Gasteiger partial charge >= 0.3 is 0 Å². The number of alkyl halides is 1. The zero-order valence-corrected chi connectivity index (χ0v) is 10.0. The fourth-order valence-electron chi connectivity index (χ4n) is 0.855. The van der Waals surface area contributed by atoms with Gasteiger partial charge < -0.3 is 5.11 Å². The van der Waals surface area contributed by atoms with E-state index in [2.05, 4.69) is 31.9 Å². The van der Waals surface area contributed by atoms with Gasteiger partial charge in [-0.25, -0.2) is 0 Å². The zero-order chi connectivity index (χ0) is 9.14. The van der Waals surface area contributed by atoms with Crippen LogP contribution in [0.5, 0.6) is 0 Å². The third-order valence-electron chi connectivity index (χ3n) is 1.47. The highest BCUT2D eigenvalue weighted by atomic mass is 79.9. The van der Waals surface area contributed by atoms with Gasteiger partial charge in [-0.3, -0.25) is 0 Å². The van der Waals surface area contributed by atoms with E-state index in [1.54, 1.807) is 0 Å². The predicted octanol–water partition coefficient (Wildman–Crippen LogP) is 3.48. The summed E-state index contributed by atoms with van der Waals surface area (Å²) < 4.78 is 1.84. The van der Waals surface area contributed by atoms with Crippen molar-refractivity contribution in [3.05, 3.63) is 32.7 Å². The second kappa shape index (κ2) is 4.61. The molecule has 0 saturated heterocycles. The largest absolute Gasteiger partial charge is 0.387 e. The van der Waals surface area contributed by atoms with Crippen LogP contribution in [-0.4, -0.2) is 11.0 Å². The van der Waals surface area contributed by atoms with Gasteiger partial charge in [0, 0.05) is 8.95 Å². The summed E-state index contributed by atoms with van der Waals surface area (Å²) in [5.41, 5.74) is 0.813. The molecule has 1 aromatic carbocycles. The minimum atomic E-state index is -0.603. The summed E-state index contributed by atoms with van der Waals surface area (Å²) >= 11 is 12.2. The van der Waals surface area contributed by atoms with Crippen LogP contribution >= 0.6 is 43.5 Å². The summed E-state index contributed by atoms with van der Waals surface area (Å²) in [5, 5.41) is 9.42. The van der Waals surface area contributed by atoms with Crippen molar-refractivity contribution in [1.29, 1.82) is 0 Å². The Labute approximate surface area is 93.0 Å². The molecule has 0 aliphatic rings. The van der Waals surface area contributed by atoms with E-state index in [1.807, 2.05) is 18.2 Å². The van der Waals surface area contributed by atoms with Crippen LogP contribution in [0.3, 0.4) is 0 Å². The van der Waals surface area contributed by atoms with E-state index in [-0.39, 0.29) is 5.88 Å². The monoisotopic (exact) mass is 312 g/mol. The van der Waals surface area contributed by atoms with Gasteiger partial charge in [-0.2, -0.15) is 0 Å². The van der Waals surface area contributed by atoms with Crippen molar-refractivity contribution < 1.29 is 5.11 Å². The van der Waals surface area contributed by atoms with Crippen LogP contribution in [0.2, 0.25) is 0 Å². The summed E-state index contributed by atoms with van der Waals surface area (Å²) in [5.74, 6) is 0.209. The number of rotatable bonds is 2. The van der Waals surface area contributed by atoms with E-state index < -0.39 is 6.10 Å². The normalized spacial score (nSPS) is 13.0. The lowest BCUT2D eigenvalue weighted by molar-refractivity contribution is 0.202. The van der Waals surface area contributed by atoms with Crippen LogP contribution in [0.4, 0.5) is 0 Å². The SMILES string of the molecule is O[C@H](CCl)c1ccc(Br)cc1Br. The van der Waals surface area contributed by atoms with Crippen molar-refractivity contribution in [2.45, 2.75) is 6.10 Å². The number of benzene rings is 1. The molecule has 0 aliphatic carbocycles. The van der Waals surface area contributed by atoms with E-state index >= 15 is 0 Å². The molecule has 1 atom stereocenters. The first-order chi connectivity index (χ1) is 5.65. The van der Waals surface area contributed by atoms with Gasteiger partial charge in [-0.15, -0.1) is 11.6 Å². The van der Waals surface area contributed by atoms with Crippen LogP contribution in [0.25, 0.3) is 0 Å². The summed E-state index contributed by atoms with van der Waals surface area (Å²) in [6.07, 6.45) is -0.603. The first-order valence-corrected chi connectivity index (χ1v) is 5.46. The van der Waals surface area contributed by atoms with Crippen molar-refractivity contribution >= 4 is 43.5 Å². The smallest absolute Gasteiger partial charge is 0.0936 e. The predicted molar refractivity (Wildman–Crippen MR) is 57.5 cm³/mol.